The van der Waals surface area contributed by atoms with Crippen LogP contribution in [0.4, 0.5) is 5.82 Å². The van der Waals surface area contributed by atoms with Crippen molar-refractivity contribution in [2.24, 2.45) is 0 Å². The van der Waals surface area contributed by atoms with Gasteiger partial charge >= 0.3 is 5.69 Å². The molecule has 3 rings (SSSR count). The fraction of sp³-hybridized carbons (Fsp3) is 0.655. The SMILES string of the molecule is CC(C)n1c(N2CCN(CCC(C)(C)Oc3ccc(S(=O)(=O)NC(C)(C)C)cc3)CC2)cc(=O)n(C(C)C)c1=O. The van der Waals surface area contributed by atoms with Gasteiger partial charge in [0, 0.05) is 56.4 Å². The molecule has 0 spiro atoms. The fourth-order valence-corrected chi connectivity index (χ4v) is 6.33. The van der Waals surface area contributed by atoms with E-state index in [0.29, 0.717) is 11.6 Å². The van der Waals surface area contributed by atoms with Crippen molar-refractivity contribution in [3.8, 4) is 5.75 Å². The second kappa shape index (κ2) is 12.1. The van der Waals surface area contributed by atoms with E-state index >= 15 is 0 Å². The molecule has 0 atom stereocenters. The van der Waals surface area contributed by atoms with E-state index in [4.69, 9.17) is 4.74 Å². The van der Waals surface area contributed by atoms with Crippen LogP contribution in [0, 0.1) is 0 Å². The minimum atomic E-state index is -3.60. The summed E-state index contributed by atoms with van der Waals surface area (Å²) in [6.07, 6.45) is 0.778. The van der Waals surface area contributed by atoms with Gasteiger partial charge in [0.25, 0.3) is 5.56 Å². The van der Waals surface area contributed by atoms with Crippen molar-refractivity contribution in [3.63, 3.8) is 0 Å². The number of ether oxygens (including phenoxy) is 1. The number of aromatic nitrogens is 2. The quantitative estimate of drug-likeness (QED) is 0.460. The van der Waals surface area contributed by atoms with E-state index in [1.807, 2.05) is 41.5 Å². The number of benzene rings is 1. The van der Waals surface area contributed by atoms with Crippen molar-refractivity contribution in [3.05, 3.63) is 51.2 Å². The van der Waals surface area contributed by atoms with Gasteiger partial charge in [-0.2, -0.15) is 0 Å². The average Bonchev–Trinajstić information content (AvgIpc) is 2.81. The van der Waals surface area contributed by atoms with E-state index in [1.165, 1.54) is 4.57 Å². The molecule has 40 heavy (non-hydrogen) atoms. The summed E-state index contributed by atoms with van der Waals surface area (Å²) in [6, 6.07) is 7.86. The lowest BCUT2D eigenvalue weighted by Crippen LogP contribution is -2.51. The second-order valence-corrected chi connectivity index (χ2v) is 14.5. The van der Waals surface area contributed by atoms with Crippen LogP contribution in [0.25, 0.3) is 0 Å². The van der Waals surface area contributed by atoms with E-state index < -0.39 is 21.2 Å². The molecule has 0 bridgehead atoms. The average molecular weight is 578 g/mol. The van der Waals surface area contributed by atoms with Crippen LogP contribution in [0.5, 0.6) is 5.75 Å². The monoisotopic (exact) mass is 577 g/mol. The molecule has 224 valence electrons. The molecular weight excluding hydrogens is 530 g/mol. The van der Waals surface area contributed by atoms with E-state index in [2.05, 4.69) is 14.5 Å². The van der Waals surface area contributed by atoms with Crippen molar-refractivity contribution in [1.29, 1.82) is 0 Å². The van der Waals surface area contributed by atoms with Gasteiger partial charge in [0.1, 0.15) is 17.2 Å². The van der Waals surface area contributed by atoms with Gasteiger partial charge in [0.2, 0.25) is 10.0 Å². The van der Waals surface area contributed by atoms with Crippen LogP contribution in [0.1, 0.15) is 80.8 Å². The maximum atomic E-state index is 13.1. The Morgan fingerprint density at radius 2 is 1.43 bits per heavy atom. The van der Waals surface area contributed by atoms with Gasteiger partial charge in [0.05, 0.1) is 4.90 Å². The highest BCUT2D eigenvalue weighted by molar-refractivity contribution is 7.89. The zero-order valence-corrected chi connectivity index (χ0v) is 26.3. The first-order chi connectivity index (χ1) is 18.4. The first kappa shape index (κ1) is 31.9. The largest absolute Gasteiger partial charge is 0.488 e. The smallest absolute Gasteiger partial charge is 0.333 e. The Kier molecular flexibility index (Phi) is 9.63. The number of nitrogens with one attached hydrogen (secondary N) is 1. The van der Waals surface area contributed by atoms with Crippen LogP contribution in [-0.2, 0) is 10.0 Å². The summed E-state index contributed by atoms with van der Waals surface area (Å²) in [6.45, 7) is 21.0. The molecule has 1 N–H and O–H groups in total. The molecule has 1 aromatic carbocycles. The summed E-state index contributed by atoms with van der Waals surface area (Å²) >= 11 is 0. The molecule has 0 saturated carbocycles. The lowest BCUT2D eigenvalue weighted by Gasteiger charge is -2.38. The fourth-order valence-electron chi connectivity index (χ4n) is 4.91. The number of rotatable bonds is 10. The third-order valence-electron chi connectivity index (χ3n) is 6.88. The van der Waals surface area contributed by atoms with Crippen LogP contribution < -0.4 is 25.6 Å². The number of hydrogen-bond acceptors (Lipinski definition) is 7. The Hall–Kier alpha value is -2.63. The zero-order valence-electron chi connectivity index (χ0n) is 25.5. The Morgan fingerprint density at radius 1 is 0.875 bits per heavy atom. The van der Waals surface area contributed by atoms with E-state index in [9.17, 15) is 18.0 Å². The summed E-state index contributed by atoms with van der Waals surface area (Å²) in [5.74, 6) is 1.31. The number of anilines is 1. The third-order valence-corrected chi connectivity index (χ3v) is 8.65. The number of nitrogens with zero attached hydrogens (tertiary/aromatic N) is 4. The van der Waals surface area contributed by atoms with Gasteiger partial charge in [-0.05, 0) is 93.0 Å². The Bertz CT molecular complexity index is 1380. The van der Waals surface area contributed by atoms with E-state index in [0.717, 1.165) is 39.1 Å². The van der Waals surface area contributed by atoms with Crippen LogP contribution in [0.3, 0.4) is 0 Å². The maximum Gasteiger partial charge on any atom is 0.333 e. The van der Waals surface area contributed by atoms with Crippen molar-refractivity contribution in [1.82, 2.24) is 18.8 Å². The van der Waals surface area contributed by atoms with Crippen LogP contribution in [-0.4, -0.2) is 66.3 Å². The molecule has 1 aromatic heterocycles. The molecule has 0 amide bonds. The predicted molar refractivity (Wildman–Crippen MR) is 160 cm³/mol. The van der Waals surface area contributed by atoms with Gasteiger partial charge in [-0.15, -0.1) is 0 Å². The first-order valence-electron chi connectivity index (χ1n) is 14.1. The number of piperazine rings is 1. The van der Waals surface area contributed by atoms with E-state index in [1.54, 1.807) is 55.7 Å². The Morgan fingerprint density at radius 3 is 1.93 bits per heavy atom. The maximum absolute atomic E-state index is 13.1. The van der Waals surface area contributed by atoms with Gasteiger partial charge in [0.15, 0.2) is 0 Å². The van der Waals surface area contributed by atoms with Crippen LogP contribution in [0.15, 0.2) is 44.8 Å². The number of sulfonamides is 1. The summed E-state index contributed by atoms with van der Waals surface area (Å²) < 4.78 is 37.1. The summed E-state index contributed by atoms with van der Waals surface area (Å²) in [4.78, 5) is 30.6. The molecule has 0 aliphatic carbocycles. The highest BCUT2D eigenvalue weighted by Gasteiger charge is 2.27. The van der Waals surface area contributed by atoms with Crippen molar-refractivity contribution in [2.45, 2.75) is 96.9 Å². The highest BCUT2D eigenvalue weighted by atomic mass is 32.2. The summed E-state index contributed by atoms with van der Waals surface area (Å²) in [7, 11) is -3.60. The first-order valence-corrected chi connectivity index (χ1v) is 15.6. The highest BCUT2D eigenvalue weighted by Crippen LogP contribution is 2.24. The third kappa shape index (κ3) is 7.98. The van der Waals surface area contributed by atoms with Gasteiger partial charge in [-0.1, -0.05) is 0 Å². The zero-order chi connectivity index (χ0) is 30.0. The van der Waals surface area contributed by atoms with Crippen molar-refractivity contribution in [2.75, 3.05) is 37.6 Å². The molecule has 1 fully saturated rings. The number of hydrogen-bond donors (Lipinski definition) is 1. The molecule has 10 nitrogen and oxygen atoms in total. The Balaban J connectivity index is 1.60. The molecule has 0 radical (unpaired) electrons. The minimum Gasteiger partial charge on any atom is -0.488 e. The molecule has 1 saturated heterocycles. The van der Waals surface area contributed by atoms with Crippen molar-refractivity contribution >= 4 is 15.8 Å². The summed E-state index contributed by atoms with van der Waals surface area (Å²) in [5, 5.41) is 0. The molecule has 11 heteroatoms. The van der Waals surface area contributed by atoms with E-state index in [-0.39, 0.29) is 28.2 Å². The van der Waals surface area contributed by atoms with Gasteiger partial charge in [-0.3, -0.25) is 18.8 Å². The second-order valence-electron chi connectivity index (χ2n) is 12.8. The van der Waals surface area contributed by atoms with Crippen LogP contribution >= 0.6 is 0 Å². The lowest BCUT2D eigenvalue weighted by molar-refractivity contribution is 0.0820. The van der Waals surface area contributed by atoms with Gasteiger partial charge in [-0.25, -0.2) is 17.9 Å². The topological polar surface area (TPSA) is 106 Å². The van der Waals surface area contributed by atoms with Crippen molar-refractivity contribution < 1.29 is 13.2 Å². The lowest BCUT2D eigenvalue weighted by atomic mass is 10.0. The molecule has 0 unspecified atom stereocenters. The standard InChI is InChI=1S/C29H47N5O5S/c1-21(2)33-25(20-26(35)34(22(3)4)27(33)36)32-18-16-31(17-19-32)15-14-29(8,9)39-23-10-12-24(13-11-23)40(37,38)30-28(5,6)7/h10-13,20-22,30H,14-19H2,1-9H3. The predicted octanol–water partition coefficient (Wildman–Crippen LogP) is 3.62. The minimum absolute atomic E-state index is 0.0620. The molecular formula is C29H47N5O5S. The molecule has 2 aromatic rings. The van der Waals surface area contributed by atoms with Crippen LogP contribution in [0.2, 0.25) is 0 Å². The molecule has 2 heterocycles. The molecule has 1 aliphatic heterocycles. The summed E-state index contributed by atoms with van der Waals surface area (Å²) in [5.41, 5.74) is -1.54. The molecule has 1 aliphatic rings. The Labute approximate surface area is 239 Å². The van der Waals surface area contributed by atoms with Gasteiger partial charge < -0.3 is 9.64 Å². The normalized spacial score (nSPS) is 15.7.